The van der Waals surface area contributed by atoms with Gasteiger partial charge < -0.3 is 4.90 Å². The Hall–Kier alpha value is -0.790. The molecule has 0 bridgehead atoms. The summed E-state index contributed by atoms with van der Waals surface area (Å²) < 4.78 is 0. The Kier molecular flexibility index (Phi) is 2.90. The van der Waals surface area contributed by atoms with Crippen molar-refractivity contribution in [1.29, 1.82) is 0 Å². The second-order valence-electron chi connectivity index (χ2n) is 3.80. The molecule has 0 aromatic rings. The molecule has 0 saturated heterocycles. The minimum atomic E-state index is 0.551. The Morgan fingerprint density at radius 2 is 2.00 bits per heavy atom. The summed E-state index contributed by atoms with van der Waals surface area (Å²) in [6, 6.07) is 0.554. The monoisotopic (exact) mass is 166 g/mol. The second kappa shape index (κ2) is 3.74. The first-order chi connectivity index (χ1) is 5.61. The predicted molar refractivity (Wildman–Crippen MR) is 53.3 cm³/mol. The summed E-state index contributed by atoms with van der Waals surface area (Å²) in [6.45, 7) is 9.53. The fourth-order valence-electron chi connectivity index (χ4n) is 1.15. The van der Waals surface area contributed by atoms with Gasteiger partial charge in [0.15, 0.2) is 0 Å². The van der Waals surface area contributed by atoms with Crippen LogP contribution in [-0.4, -0.2) is 23.3 Å². The fourth-order valence-corrected chi connectivity index (χ4v) is 1.15. The van der Waals surface area contributed by atoms with Crippen molar-refractivity contribution in [1.82, 2.24) is 4.90 Å². The van der Waals surface area contributed by atoms with Crippen LogP contribution in [0.5, 0.6) is 0 Å². The molecule has 2 heteroatoms. The summed E-state index contributed by atoms with van der Waals surface area (Å²) >= 11 is 0. The van der Waals surface area contributed by atoms with Crippen LogP contribution >= 0.6 is 0 Å². The van der Waals surface area contributed by atoms with Crippen LogP contribution in [0.4, 0.5) is 0 Å². The van der Waals surface area contributed by atoms with Crippen LogP contribution in [0.25, 0.3) is 0 Å². The van der Waals surface area contributed by atoms with E-state index in [9.17, 15) is 0 Å². The molecule has 1 aliphatic rings. The second-order valence-corrected chi connectivity index (χ2v) is 3.80. The molecule has 0 aliphatic carbocycles. The van der Waals surface area contributed by atoms with E-state index in [2.05, 4.69) is 49.9 Å². The highest BCUT2D eigenvalue weighted by atomic mass is 15.2. The van der Waals surface area contributed by atoms with Crippen LogP contribution in [0.1, 0.15) is 27.7 Å². The van der Waals surface area contributed by atoms with E-state index < -0.39 is 0 Å². The first-order valence-electron chi connectivity index (χ1n) is 4.59. The van der Waals surface area contributed by atoms with Crippen LogP contribution in [0, 0.1) is 5.92 Å². The van der Waals surface area contributed by atoms with E-state index in [4.69, 9.17) is 0 Å². The first-order valence-corrected chi connectivity index (χ1v) is 4.59. The van der Waals surface area contributed by atoms with Gasteiger partial charge >= 0.3 is 0 Å². The van der Waals surface area contributed by atoms with Gasteiger partial charge in [-0.15, -0.1) is 0 Å². The molecular weight excluding hydrogens is 148 g/mol. The molecule has 0 aromatic heterocycles. The third kappa shape index (κ3) is 2.10. The maximum atomic E-state index is 4.49. The number of hydrogen-bond acceptors (Lipinski definition) is 2. The normalized spacial score (nSPS) is 17.5. The van der Waals surface area contributed by atoms with E-state index in [1.54, 1.807) is 0 Å². The Labute approximate surface area is 75.0 Å². The van der Waals surface area contributed by atoms with Gasteiger partial charge in [-0.2, -0.15) is 0 Å². The zero-order chi connectivity index (χ0) is 9.14. The number of rotatable bonds is 2. The molecule has 0 saturated carbocycles. The Bertz CT molecular complexity index is 202. The number of allylic oxidation sites excluding steroid dienone is 1. The van der Waals surface area contributed by atoms with Gasteiger partial charge in [0.05, 0.1) is 0 Å². The van der Waals surface area contributed by atoms with Crippen molar-refractivity contribution in [3.63, 3.8) is 0 Å². The molecule has 1 heterocycles. The van der Waals surface area contributed by atoms with Crippen LogP contribution in [0.15, 0.2) is 17.3 Å². The predicted octanol–water partition coefficient (Wildman–Crippen LogP) is 2.28. The van der Waals surface area contributed by atoms with Crippen molar-refractivity contribution >= 4 is 5.71 Å². The molecule has 1 rings (SSSR count). The van der Waals surface area contributed by atoms with Gasteiger partial charge in [-0.25, -0.2) is 0 Å². The van der Waals surface area contributed by atoms with Gasteiger partial charge in [0.1, 0.15) is 6.67 Å². The topological polar surface area (TPSA) is 15.6 Å². The number of hydrogen-bond donors (Lipinski definition) is 0. The summed E-state index contributed by atoms with van der Waals surface area (Å²) in [5.74, 6) is 0.551. The molecule has 0 amide bonds. The summed E-state index contributed by atoms with van der Waals surface area (Å²) in [5, 5.41) is 0. The van der Waals surface area contributed by atoms with Gasteiger partial charge in [-0.1, -0.05) is 13.8 Å². The van der Waals surface area contributed by atoms with Crippen molar-refractivity contribution in [3.05, 3.63) is 12.3 Å². The van der Waals surface area contributed by atoms with Crippen molar-refractivity contribution in [2.24, 2.45) is 10.9 Å². The van der Waals surface area contributed by atoms with Gasteiger partial charge in [0.25, 0.3) is 0 Å². The van der Waals surface area contributed by atoms with E-state index in [0.717, 1.165) is 6.67 Å². The van der Waals surface area contributed by atoms with Gasteiger partial charge in [-0.3, -0.25) is 4.99 Å². The van der Waals surface area contributed by atoms with Crippen molar-refractivity contribution in [3.8, 4) is 0 Å². The molecule has 2 nitrogen and oxygen atoms in total. The van der Waals surface area contributed by atoms with Crippen molar-refractivity contribution in [2.75, 3.05) is 6.67 Å². The van der Waals surface area contributed by atoms with E-state index in [1.165, 1.54) is 5.71 Å². The summed E-state index contributed by atoms with van der Waals surface area (Å²) in [4.78, 5) is 6.72. The molecule has 0 aromatic carbocycles. The van der Waals surface area contributed by atoms with Gasteiger partial charge in [0, 0.05) is 18.0 Å². The molecular formula is C10H18N2. The standard InChI is InChI=1S/C10H18N2/c1-8(2)10-5-6-12(7-11-10)9(3)4/h5-6,8-9H,7H2,1-4H3. The van der Waals surface area contributed by atoms with Crippen LogP contribution < -0.4 is 0 Å². The van der Waals surface area contributed by atoms with E-state index in [-0.39, 0.29) is 0 Å². The number of aliphatic imine (C=N–C) groups is 1. The summed E-state index contributed by atoms with van der Waals surface area (Å²) in [5.41, 5.74) is 1.21. The van der Waals surface area contributed by atoms with Crippen LogP contribution in [0.3, 0.4) is 0 Å². The lowest BCUT2D eigenvalue weighted by Gasteiger charge is -2.26. The maximum Gasteiger partial charge on any atom is 0.110 e. The van der Waals surface area contributed by atoms with E-state index >= 15 is 0 Å². The fraction of sp³-hybridized carbons (Fsp3) is 0.700. The van der Waals surface area contributed by atoms with Crippen molar-refractivity contribution < 1.29 is 0 Å². The van der Waals surface area contributed by atoms with E-state index in [0.29, 0.717) is 12.0 Å². The lowest BCUT2D eigenvalue weighted by molar-refractivity contribution is 0.317. The zero-order valence-corrected chi connectivity index (χ0v) is 8.41. The van der Waals surface area contributed by atoms with Crippen LogP contribution in [0.2, 0.25) is 0 Å². The third-order valence-electron chi connectivity index (χ3n) is 2.11. The molecule has 0 atom stereocenters. The molecule has 0 unspecified atom stereocenters. The minimum absolute atomic E-state index is 0.551. The van der Waals surface area contributed by atoms with Crippen LogP contribution in [-0.2, 0) is 0 Å². The Balaban J connectivity index is 2.55. The lowest BCUT2D eigenvalue weighted by Crippen LogP contribution is -2.29. The highest BCUT2D eigenvalue weighted by Crippen LogP contribution is 2.08. The third-order valence-corrected chi connectivity index (χ3v) is 2.11. The average molecular weight is 166 g/mol. The largest absolute Gasteiger partial charge is 0.356 e. The smallest absolute Gasteiger partial charge is 0.110 e. The molecule has 1 aliphatic heterocycles. The Morgan fingerprint density at radius 3 is 2.33 bits per heavy atom. The zero-order valence-electron chi connectivity index (χ0n) is 8.41. The first kappa shape index (κ1) is 9.30. The molecule has 0 radical (unpaired) electrons. The molecule has 12 heavy (non-hydrogen) atoms. The number of nitrogens with zero attached hydrogens (tertiary/aromatic N) is 2. The Morgan fingerprint density at radius 1 is 1.33 bits per heavy atom. The van der Waals surface area contributed by atoms with Crippen molar-refractivity contribution in [2.45, 2.75) is 33.7 Å². The molecule has 68 valence electrons. The quantitative estimate of drug-likeness (QED) is 0.614. The highest BCUT2D eigenvalue weighted by molar-refractivity contribution is 5.96. The molecule has 0 N–H and O–H groups in total. The maximum absolute atomic E-state index is 4.49. The minimum Gasteiger partial charge on any atom is -0.356 e. The highest BCUT2D eigenvalue weighted by Gasteiger charge is 2.10. The SMILES string of the molecule is CC(C)C1=NCN(C(C)C)C=C1. The van der Waals surface area contributed by atoms with Gasteiger partial charge in [0.2, 0.25) is 0 Å². The van der Waals surface area contributed by atoms with Gasteiger partial charge in [-0.05, 0) is 25.8 Å². The molecule has 0 spiro atoms. The summed E-state index contributed by atoms with van der Waals surface area (Å²) in [6.07, 6.45) is 4.27. The summed E-state index contributed by atoms with van der Waals surface area (Å²) in [7, 11) is 0. The average Bonchev–Trinajstić information content (AvgIpc) is 2.04. The lowest BCUT2D eigenvalue weighted by atomic mass is 10.1. The van der Waals surface area contributed by atoms with E-state index in [1.807, 2.05) is 0 Å². The molecule has 0 fully saturated rings.